The van der Waals surface area contributed by atoms with E-state index in [4.69, 9.17) is 5.11 Å². The van der Waals surface area contributed by atoms with Crippen LogP contribution in [-0.4, -0.2) is 29.1 Å². The molecule has 1 atom stereocenters. The van der Waals surface area contributed by atoms with Crippen LogP contribution in [0.4, 0.5) is 4.79 Å². The van der Waals surface area contributed by atoms with Gasteiger partial charge in [-0.25, -0.2) is 4.79 Å². The van der Waals surface area contributed by atoms with Gasteiger partial charge >= 0.3 is 6.09 Å². The van der Waals surface area contributed by atoms with Crippen LogP contribution in [0.1, 0.15) is 56.6 Å². The zero-order valence-electron chi connectivity index (χ0n) is 12.6. The monoisotopic (exact) mass is 277 g/mol. The normalized spacial score (nSPS) is 12.2. The Balaban J connectivity index is 2.63. The van der Waals surface area contributed by atoms with Crippen LogP contribution in [0.15, 0.2) is 24.3 Å². The van der Waals surface area contributed by atoms with Crippen molar-refractivity contribution in [3.63, 3.8) is 0 Å². The maximum atomic E-state index is 11.6. The van der Waals surface area contributed by atoms with E-state index >= 15 is 0 Å². The molecule has 0 spiro atoms. The molecule has 0 aliphatic carbocycles. The van der Waals surface area contributed by atoms with Crippen molar-refractivity contribution in [3.8, 4) is 0 Å². The van der Waals surface area contributed by atoms with Crippen molar-refractivity contribution in [2.75, 3.05) is 7.05 Å². The molecule has 1 aromatic carbocycles. The van der Waals surface area contributed by atoms with E-state index in [2.05, 4.69) is 39.0 Å². The predicted molar refractivity (Wildman–Crippen MR) is 79.0 cm³/mol. The molecule has 0 radical (unpaired) electrons. The van der Waals surface area contributed by atoms with Crippen molar-refractivity contribution in [1.29, 1.82) is 0 Å². The molecule has 4 heteroatoms. The van der Waals surface area contributed by atoms with Crippen molar-refractivity contribution in [2.24, 2.45) is 0 Å². The fourth-order valence-electron chi connectivity index (χ4n) is 2.01. The summed E-state index contributed by atoms with van der Waals surface area (Å²) in [5.74, 6) is 0.353. The maximum Gasteiger partial charge on any atom is 0.413 e. The molecule has 110 valence electrons. The minimum absolute atomic E-state index is 0.236. The molecule has 4 nitrogen and oxygen atoms in total. The zero-order chi connectivity index (χ0) is 15.3. The number of rotatable bonds is 5. The smallest absolute Gasteiger partial charge is 0.413 e. The molecule has 20 heavy (non-hydrogen) atoms. The summed E-state index contributed by atoms with van der Waals surface area (Å²) in [5.41, 5.74) is 2.48. The van der Waals surface area contributed by atoms with E-state index in [0.717, 1.165) is 4.90 Å². The third-order valence-corrected chi connectivity index (χ3v) is 3.60. The standard InChI is InChI=1S/C16H23NO3/c1-11(2)13-6-5-7-14(10-13)12(3)8-9-15(18)17(4)16(19)20/h5-7,10-12H,8-9H2,1-4H3,(H,19,20). The van der Waals surface area contributed by atoms with Crippen molar-refractivity contribution in [1.82, 2.24) is 4.90 Å². The highest BCUT2D eigenvalue weighted by Gasteiger charge is 2.17. The van der Waals surface area contributed by atoms with Gasteiger partial charge in [0, 0.05) is 13.5 Å². The summed E-state index contributed by atoms with van der Waals surface area (Å²) in [4.78, 5) is 23.1. The van der Waals surface area contributed by atoms with Gasteiger partial charge in [-0.1, -0.05) is 45.0 Å². The number of imide groups is 1. The van der Waals surface area contributed by atoms with Crippen molar-refractivity contribution < 1.29 is 14.7 Å². The molecule has 1 aromatic rings. The zero-order valence-corrected chi connectivity index (χ0v) is 12.6. The highest BCUT2D eigenvalue weighted by Crippen LogP contribution is 2.24. The van der Waals surface area contributed by atoms with Gasteiger partial charge in [0.1, 0.15) is 0 Å². The van der Waals surface area contributed by atoms with Crippen LogP contribution < -0.4 is 0 Å². The quantitative estimate of drug-likeness (QED) is 0.889. The Hall–Kier alpha value is -1.84. The second-order valence-corrected chi connectivity index (χ2v) is 5.50. The number of carboxylic acid groups (broad SMARTS) is 1. The van der Waals surface area contributed by atoms with Crippen LogP contribution in [0, 0.1) is 0 Å². The van der Waals surface area contributed by atoms with Crippen molar-refractivity contribution in [2.45, 2.75) is 45.4 Å². The summed E-state index contributed by atoms with van der Waals surface area (Å²) in [6, 6.07) is 8.36. The van der Waals surface area contributed by atoms with Gasteiger partial charge in [-0.15, -0.1) is 0 Å². The molecule has 0 saturated heterocycles. The Morgan fingerprint density at radius 1 is 1.20 bits per heavy atom. The Kier molecular flexibility index (Phi) is 5.74. The van der Waals surface area contributed by atoms with Gasteiger partial charge in [0.15, 0.2) is 0 Å². The van der Waals surface area contributed by atoms with Crippen molar-refractivity contribution in [3.05, 3.63) is 35.4 Å². The van der Waals surface area contributed by atoms with Crippen LogP contribution in [0.2, 0.25) is 0 Å². The summed E-state index contributed by atoms with van der Waals surface area (Å²) in [7, 11) is 1.29. The maximum absolute atomic E-state index is 11.6. The third-order valence-electron chi connectivity index (χ3n) is 3.60. The van der Waals surface area contributed by atoms with E-state index in [0.29, 0.717) is 12.3 Å². The van der Waals surface area contributed by atoms with Gasteiger partial charge in [-0.2, -0.15) is 0 Å². The average molecular weight is 277 g/mol. The van der Waals surface area contributed by atoms with Crippen LogP contribution in [-0.2, 0) is 4.79 Å². The molecule has 2 amide bonds. The van der Waals surface area contributed by atoms with Gasteiger partial charge in [0.25, 0.3) is 0 Å². The highest BCUT2D eigenvalue weighted by atomic mass is 16.4. The number of nitrogens with zero attached hydrogens (tertiary/aromatic N) is 1. The van der Waals surface area contributed by atoms with E-state index in [-0.39, 0.29) is 18.2 Å². The van der Waals surface area contributed by atoms with E-state index in [9.17, 15) is 9.59 Å². The highest BCUT2D eigenvalue weighted by molar-refractivity contribution is 5.90. The van der Waals surface area contributed by atoms with Gasteiger partial charge in [0.2, 0.25) is 5.91 Å². The topological polar surface area (TPSA) is 57.6 Å². The second kappa shape index (κ2) is 7.08. The Labute approximate surface area is 120 Å². The number of hydrogen-bond acceptors (Lipinski definition) is 2. The molecule has 0 heterocycles. The summed E-state index contributed by atoms with van der Waals surface area (Å²) < 4.78 is 0. The minimum atomic E-state index is -1.20. The number of benzene rings is 1. The second-order valence-electron chi connectivity index (χ2n) is 5.50. The number of carbonyl (C=O) groups excluding carboxylic acids is 1. The molecule has 0 aliphatic heterocycles. The predicted octanol–water partition coefficient (Wildman–Crippen LogP) is 3.83. The van der Waals surface area contributed by atoms with E-state index in [1.54, 1.807) is 0 Å². The SMILES string of the molecule is CC(C)c1cccc(C(C)CCC(=O)N(C)C(=O)O)c1. The summed E-state index contributed by atoms with van der Waals surface area (Å²) >= 11 is 0. The lowest BCUT2D eigenvalue weighted by Gasteiger charge is -2.16. The van der Waals surface area contributed by atoms with Crippen molar-refractivity contribution >= 4 is 12.0 Å². The number of amides is 2. The first-order chi connectivity index (χ1) is 9.32. The molecule has 0 saturated carbocycles. The molecule has 1 N–H and O–H groups in total. The Morgan fingerprint density at radius 2 is 1.80 bits per heavy atom. The van der Waals surface area contributed by atoms with Gasteiger partial charge in [0.05, 0.1) is 0 Å². The lowest BCUT2D eigenvalue weighted by atomic mass is 9.92. The fourth-order valence-corrected chi connectivity index (χ4v) is 2.01. The third kappa shape index (κ3) is 4.37. The fraction of sp³-hybridized carbons (Fsp3) is 0.500. The van der Waals surface area contributed by atoms with Crippen LogP contribution in [0.3, 0.4) is 0 Å². The van der Waals surface area contributed by atoms with Gasteiger partial charge in [-0.3, -0.25) is 9.69 Å². The molecular weight excluding hydrogens is 254 g/mol. The number of carbonyl (C=O) groups is 2. The molecule has 0 fully saturated rings. The first-order valence-corrected chi connectivity index (χ1v) is 6.92. The molecule has 0 bridgehead atoms. The first kappa shape index (κ1) is 16.2. The molecule has 0 aliphatic rings. The largest absolute Gasteiger partial charge is 0.465 e. The first-order valence-electron chi connectivity index (χ1n) is 6.92. The summed E-state index contributed by atoms with van der Waals surface area (Å²) in [6.07, 6.45) is -0.308. The Bertz CT molecular complexity index is 482. The van der Waals surface area contributed by atoms with Crippen LogP contribution >= 0.6 is 0 Å². The summed E-state index contributed by atoms with van der Waals surface area (Å²) in [5, 5.41) is 8.74. The van der Waals surface area contributed by atoms with Crippen LogP contribution in [0.5, 0.6) is 0 Å². The van der Waals surface area contributed by atoms with Gasteiger partial charge in [-0.05, 0) is 29.4 Å². The average Bonchev–Trinajstić information content (AvgIpc) is 2.43. The lowest BCUT2D eigenvalue weighted by molar-refractivity contribution is -0.128. The lowest BCUT2D eigenvalue weighted by Crippen LogP contribution is -2.31. The van der Waals surface area contributed by atoms with Crippen LogP contribution in [0.25, 0.3) is 0 Å². The van der Waals surface area contributed by atoms with E-state index in [1.807, 2.05) is 6.07 Å². The van der Waals surface area contributed by atoms with E-state index < -0.39 is 6.09 Å². The van der Waals surface area contributed by atoms with Gasteiger partial charge < -0.3 is 5.11 Å². The molecule has 1 rings (SSSR count). The molecular formula is C16H23NO3. The summed E-state index contributed by atoms with van der Waals surface area (Å²) in [6.45, 7) is 6.36. The minimum Gasteiger partial charge on any atom is -0.465 e. The molecule has 1 unspecified atom stereocenters. The Morgan fingerprint density at radius 3 is 2.35 bits per heavy atom. The number of hydrogen-bond donors (Lipinski definition) is 1. The molecule has 0 aromatic heterocycles. The van der Waals surface area contributed by atoms with E-state index in [1.165, 1.54) is 18.2 Å².